The van der Waals surface area contributed by atoms with Gasteiger partial charge < -0.3 is 24.1 Å². The molecule has 2 aromatic carbocycles. The van der Waals surface area contributed by atoms with Crippen molar-refractivity contribution in [1.29, 1.82) is 0 Å². The Morgan fingerprint density at radius 1 is 0.778 bits per heavy atom. The van der Waals surface area contributed by atoms with Crippen molar-refractivity contribution in [2.45, 2.75) is 106 Å². The molecule has 0 spiro atoms. The van der Waals surface area contributed by atoms with Crippen LogP contribution in [-0.2, 0) is 63.8 Å². The number of rotatable bonds is 19. The van der Waals surface area contributed by atoms with E-state index in [0.29, 0.717) is 86.8 Å². The van der Waals surface area contributed by atoms with E-state index in [2.05, 4.69) is 28.7 Å². The van der Waals surface area contributed by atoms with Gasteiger partial charge in [-0.05, 0) is 103 Å². The van der Waals surface area contributed by atoms with Gasteiger partial charge in [-0.1, -0.05) is 51.3 Å². The van der Waals surface area contributed by atoms with Crippen LogP contribution in [0.5, 0.6) is 0 Å². The molecule has 1 saturated heterocycles. The monoisotopic (exact) mass is 909 g/mol. The number of hydrogen-bond acceptors (Lipinski definition) is 15. The van der Waals surface area contributed by atoms with Gasteiger partial charge in [-0.25, -0.2) is 10.1 Å². The topological polar surface area (TPSA) is 199 Å². The quantitative estimate of drug-likeness (QED) is 0.0268. The number of fused-ring (bicyclic) bond motifs is 2. The van der Waals surface area contributed by atoms with Crippen LogP contribution in [0.25, 0.3) is 0 Å². The van der Waals surface area contributed by atoms with Crippen LogP contribution in [0.4, 0.5) is 11.4 Å². The van der Waals surface area contributed by atoms with Gasteiger partial charge in [-0.3, -0.25) is 18.9 Å². The molecule has 0 bridgehead atoms. The van der Waals surface area contributed by atoms with Crippen molar-refractivity contribution in [2.24, 2.45) is 0 Å². The summed E-state index contributed by atoms with van der Waals surface area (Å²) in [7, 11) is -2.86. The normalized spacial score (nSPS) is 20.8. The number of amides is 2. The number of unbranched alkanes of at least 4 members (excludes halogenated alkanes) is 2. The number of Topliss-reactive ketones (excluding diaryl/α,β-unsaturated/α-hetero) is 1. The Kier molecular flexibility index (Phi) is 15.5. The second kappa shape index (κ2) is 20.5. The van der Waals surface area contributed by atoms with E-state index in [1.807, 2.05) is 56.4 Å². The van der Waals surface area contributed by atoms with Crippen molar-refractivity contribution >= 4 is 57.1 Å². The highest BCUT2D eigenvalue weighted by atomic mass is 32.2. The molecule has 340 valence electrons. The summed E-state index contributed by atoms with van der Waals surface area (Å²) in [5.41, 5.74) is 5.40. The number of ketones is 1. The number of methoxy groups -OCH3 is 1. The second-order valence-electron chi connectivity index (χ2n) is 16.7. The van der Waals surface area contributed by atoms with Crippen LogP contribution in [0.1, 0.15) is 96.6 Å². The first-order valence-electron chi connectivity index (χ1n) is 21.0. The van der Waals surface area contributed by atoms with E-state index in [9.17, 15) is 32.1 Å². The first-order valence-corrected chi connectivity index (χ1v) is 23.1. The number of carbonyl (C=O) groups excluding carboxylic acids is 4. The van der Waals surface area contributed by atoms with Gasteiger partial charge in [0, 0.05) is 78.0 Å². The molecule has 0 unspecified atom stereocenters. The maximum Gasteiger partial charge on any atom is 0.333 e. The fourth-order valence-corrected chi connectivity index (χ4v) is 9.46. The highest BCUT2D eigenvalue weighted by Gasteiger charge is 2.42. The van der Waals surface area contributed by atoms with Gasteiger partial charge in [-0.15, -0.1) is 9.40 Å². The van der Waals surface area contributed by atoms with E-state index >= 15 is 0 Å². The van der Waals surface area contributed by atoms with E-state index in [1.165, 1.54) is 12.1 Å². The van der Waals surface area contributed by atoms with Gasteiger partial charge >= 0.3 is 5.97 Å². The van der Waals surface area contributed by atoms with Crippen LogP contribution < -0.4 is 9.80 Å². The van der Waals surface area contributed by atoms with Crippen molar-refractivity contribution in [3.63, 3.8) is 0 Å². The van der Waals surface area contributed by atoms with Crippen LogP contribution in [0.3, 0.4) is 0 Å². The summed E-state index contributed by atoms with van der Waals surface area (Å²) in [5, 5.41) is 13.1. The van der Waals surface area contributed by atoms with Crippen molar-refractivity contribution in [1.82, 2.24) is 5.06 Å². The standard InChI is InChI=1S/C45H55N3O13S2/c1-44(2)34-28-32(62-61-60-53)15-17-36(34)47(24-25-58-27-26-57-5)39(44)20-14-31-11-9-10-30(43(31)52)13-19-38-45(3,4)35-29-33(63(54,55)56)16-18-37(35)46(38)23-8-6-7-12-42(51)59-48-40(49)21-22-41(48)50/h13-20,28-29,53H,6-12,21-27H2,1-5H3,(H,54,55,56). The molecule has 0 aromatic heterocycles. The molecule has 3 heterocycles. The molecule has 1 saturated carbocycles. The van der Waals surface area contributed by atoms with Gasteiger partial charge in [0.15, 0.2) is 5.78 Å². The molecule has 1 aliphatic carbocycles. The number of hydroxylamine groups is 2. The fourth-order valence-electron chi connectivity index (χ4n) is 8.56. The third kappa shape index (κ3) is 10.8. The van der Waals surface area contributed by atoms with E-state index in [4.69, 9.17) is 23.9 Å². The summed E-state index contributed by atoms with van der Waals surface area (Å²) in [6, 6.07) is 10.4. The number of ether oxygens (including phenoxy) is 2. The van der Waals surface area contributed by atoms with Crippen LogP contribution in [0.2, 0.25) is 0 Å². The third-order valence-corrected chi connectivity index (χ3v) is 13.3. The van der Waals surface area contributed by atoms with Crippen LogP contribution in [0, 0.1) is 0 Å². The first-order chi connectivity index (χ1) is 30.0. The van der Waals surface area contributed by atoms with Crippen molar-refractivity contribution in [3.05, 3.63) is 94.4 Å². The summed E-state index contributed by atoms with van der Waals surface area (Å²) in [4.78, 5) is 60.1. The van der Waals surface area contributed by atoms with Gasteiger partial charge in [0.2, 0.25) is 0 Å². The van der Waals surface area contributed by atoms with Crippen molar-refractivity contribution in [2.75, 3.05) is 49.8 Å². The molecule has 0 atom stereocenters. The number of nitrogens with zero attached hydrogens (tertiary/aromatic N) is 3. The lowest BCUT2D eigenvalue weighted by atomic mass is 9.82. The van der Waals surface area contributed by atoms with Gasteiger partial charge in [0.1, 0.15) is 0 Å². The Morgan fingerprint density at radius 3 is 1.98 bits per heavy atom. The molecular formula is C45H55N3O13S2. The number of hydrogen-bond donors (Lipinski definition) is 2. The number of anilines is 2. The van der Waals surface area contributed by atoms with Crippen molar-refractivity contribution < 1.29 is 61.1 Å². The molecule has 2 fully saturated rings. The molecule has 2 N–H and O–H groups in total. The van der Waals surface area contributed by atoms with Gasteiger partial charge in [0.25, 0.3) is 21.9 Å². The predicted molar refractivity (Wildman–Crippen MR) is 234 cm³/mol. The van der Waals surface area contributed by atoms with Gasteiger partial charge in [0.05, 0.1) is 36.8 Å². The summed E-state index contributed by atoms with van der Waals surface area (Å²) in [5.74, 6) is -1.79. The molecule has 3 aliphatic heterocycles. The highest BCUT2D eigenvalue weighted by molar-refractivity contribution is 7.94. The lowest BCUT2D eigenvalue weighted by Crippen LogP contribution is -2.32. The number of allylic oxidation sites excluding steroid dienone is 8. The Hall–Kier alpha value is -4.66. The average Bonchev–Trinajstić information content (AvgIpc) is 3.75. The SMILES string of the molecule is COCCOCCN1C(=CC=C2CCCC(=CC=C3N(CCCCCC(=O)ON4C(=O)CCC4=O)c4ccc(S(=O)(=O)O)cc4C3(C)C)C2=O)C(C)(C)c2cc(SOOO)ccc21. The van der Waals surface area contributed by atoms with E-state index in [1.54, 1.807) is 13.2 Å². The highest BCUT2D eigenvalue weighted by Crippen LogP contribution is 2.50. The molecule has 0 radical (unpaired) electrons. The zero-order valence-corrected chi connectivity index (χ0v) is 37.8. The Morgan fingerprint density at radius 2 is 1.38 bits per heavy atom. The summed E-state index contributed by atoms with van der Waals surface area (Å²) in [6.45, 7) is 10.6. The molecule has 63 heavy (non-hydrogen) atoms. The van der Waals surface area contributed by atoms with E-state index in [-0.39, 0.29) is 29.9 Å². The third-order valence-electron chi connectivity index (χ3n) is 11.9. The average molecular weight is 910 g/mol. The summed E-state index contributed by atoms with van der Waals surface area (Å²) in [6.07, 6.45) is 11.4. The first kappa shape index (κ1) is 47.8. The van der Waals surface area contributed by atoms with Crippen molar-refractivity contribution in [3.8, 4) is 0 Å². The van der Waals surface area contributed by atoms with E-state index in [0.717, 1.165) is 51.7 Å². The molecule has 6 rings (SSSR count). The molecular weight excluding hydrogens is 855 g/mol. The second-order valence-corrected chi connectivity index (χ2v) is 18.9. The lowest BCUT2D eigenvalue weighted by molar-refractivity contribution is -0.432. The zero-order chi connectivity index (χ0) is 45.5. The molecule has 2 aromatic rings. The molecule has 4 aliphatic rings. The van der Waals surface area contributed by atoms with Crippen LogP contribution >= 0.6 is 12.0 Å². The lowest BCUT2D eigenvalue weighted by Gasteiger charge is -2.27. The number of carbonyl (C=O) groups is 4. The minimum Gasteiger partial charge on any atom is -0.382 e. The van der Waals surface area contributed by atoms with Crippen LogP contribution in [-0.4, -0.2) is 86.9 Å². The fraction of sp³-hybridized carbons (Fsp3) is 0.467. The minimum atomic E-state index is -4.48. The largest absolute Gasteiger partial charge is 0.382 e. The predicted octanol–water partition coefficient (Wildman–Crippen LogP) is 7.46. The maximum absolute atomic E-state index is 14.2. The summed E-state index contributed by atoms with van der Waals surface area (Å²) >= 11 is 0.888. The number of benzene rings is 2. The molecule has 2 amide bonds. The van der Waals surface area contributed by atoms with Crippen LogP contribution in [0.15, 0.2) is 93.0 Å². The Bertz CT molecular complexity index is 2320. The number of imide groups is 1. The Labute approximate surface area is 372 Å². The Balaban J connectivity index is 1.23. The zero-order valence-electron chi connectivity index (χ0n) is 36.2. The maximum atomic E-state index is 14.2. The molecule has 16 nitrogen and oxygen atoms in total. The van der Waals surface area contributed by atoms with Gasteiger partial charge in [-0.2, -0.15) is 8.42 Å². The molecule has 18 heteroatoms. The van der Waals surface area contributed by atoms with E-state index < -0.39 is 38.7 Å². The smallest absolute Gasteiger partial charge is 0.333 e. The summed E-state index contributed by atoms with van der Waals surface area (Å²) < 4.78 is 50.0. The minimum absolute atomic E-state index is 0.0167.